The maximum absolute atomic E-state index is 12.1. The molecule has 0 aromatic heterocycles. The van der Waals surface area contributed by atoms with Crippen molar-refractivity contribution in [3.05, 3.63) is 65.2 Å². The third-order valence-corrected chi connectivity index (χ3v) is 3.68. The summed E-state index contributed by atoms with van der Waals surface area (Å²) in [6.07, 6.45) is 0.926. The number of carbonyl (C=O) groups excluding carboxylic acids is 1. The van der Waals surface area contributed by atoms with Crippen LogP contribution >= 0.6 is 0 Å². The van der Waals surface area contributed by atoms with Gasteiger partial charge in [-0.25, -0.2) is 4.79 Å². The number of carbonyl (C=O) groups is 1. The zero-order valence-corrected chi connectivity index (χ0v) is 13.4. The summed E-state index contributed by atoms with van der Waals surface area (Å²) in [6.45, 7) is 6.29. The number of hydrogen-bond acceptors (Lipinski definition) is 3. The number of hydrogen-bond donors (Lipinski definition) is 1. The summed E-state index contributed by atoms with van der Waals surface area (Å²) >= 11 is 0. The Balaban J connectivity index is 1.97. The van der Waals surface area contributed by atoms with Gasteiger partial charge in [-0.15, -0.1) is 0 Å². The van der Waals surface area contributed by atoms with Crippen LogP contribution < -0.4 is 5.32 Å². The van der Waals surface area contributed by atoms with E-state index < -0.39 is 0 Å². The molecule has 3 heteroatoms. The smallest absolute Gasteiger partial charge is 0.328 e. The van der Waals surface area contributed by atoms with E-state index in [1.165, 1.54) is 5.56 Å². The van der Waals surface area contributed by atoms with Crippen molar-refractivity contribution in [2.75, 3.05) is 5.32 Å². The lowest BCUT2D eigenvalue weighted by Gasteiger charge is -2.19. The Morgan fingerprint density at radius 1 is 1.14 bits per heavy atom. The molecule has 0 spiro atoms. The van der Waals surface area contributed by atoms with Crippen molar-refractivity contribution in [3.8, 4) is 0 Å². The van der Waals surface area contributed by atoms with E-state index in [-0.39, 0.29) is 12.0 Å². The first-order valence-corrected chi connectivity index (χ1v) is 7.67. The van der Waals surface area contributed by atoms with Crippen LogP contribution in [0, 0.1) is 6.92 Å². The van der Waals surface area contributed by atoms with E-state index in [0.717, 1.165) is 23.2 Å². The van der Waals surface area contributed by atoms with Crippen LogP contribution in [0.15, 0.2) is 48.5 Å². The molecular formula is C19H23NO2. The van der Waals surface area contributed by atoms with Crippen molar-refractivity contribution < 1.29 is 9.53 Å². The largest absolute Gasteiger partial charge is 0.459 e. The summed E-state index contributed by atoms with van der Waals surface area (Å²) in [4.78, 5) is 12.1. The fourth-order valence-electron chi connectivity index (χ4n) is 2.36. The molecular weight excluding hydrogens is 274 g/mol. The quantitative estimate of drug-likeness (QED) is 0.816. The summed E-state index contributed by atoms with van der Waals surface area (Å²) in [5.74, 6) is -0.242. The van der Waals surface area contributed by atoms with E-state index in [1.54, 1.807) is 0 Å². The molecule has 0 amide bonds. The molecule has 3 nitrogen and oxygen atoms in total. The lowest BCUT2D eigenvalue weighted by atomic mass is 10.1. The van der Waals surface area contributed by atoms with Gasteiger partial charge < -0.3 is 10.1 Å². The number of anilines is 1. The Bertz CT molecular complexity index is 623. The molecule has 2 aromatic rings. The maximum atomic E-state index is 12.1. The van der Waals surface area contributed by atoms with Crippen molar-refractivity contribution in [2.24, 2.45) is 0 Å². The highest BCUT2D eigenvalue weighted by molar-refractivity contribution is 5.79. The third kappa shape index (κ3) is 4.10. The molecule has 1 N–H and O–H groups in total. The van der Waals surface area contributed by atoms with Crippen LogP contribution in [0.2, 0.25) is 0 Å². The summed E-state index contributed by atoms with van der Waals surface area (Å²) < 4.78 is 5.37. The minimum absolute atomic E-state index is 0.242. The topological polar surface area (TPSA) is 38.3 Å². The molecule has 1 unspecified atom stereocenters. The Morgan fingerprint density at radius 3 is 2.55 bits per heavy atom. The number of nitrogens with one attached hydrogen (secondary N) is 1. The van der Waals surface area contributed by atoms with Crippen molar-refractivity contribution in [1.82, 2.24) is 0 Å². The monoisotopic (exact) mass is 297 g/mol. The Kier molecular flexibility index (Phi) is 5.59. The van der Waals surface area contributed by atoms with Crippen molar-refractivity contribution in [1.29, 1.82) is 0 Å². The van der Waals surface area contributed by atoms with Gasteiger partial charge in [0.05, 0.1) is 0 Å². The van der Waals surface area contributed by atoms with E-state index in [0.29, 0.717) is 6.61 Å². The molecule has 2 aromatic carbocycles. The molecule has 0 heterocycles. The van der Waals surface area contributed by atoms with Crippen LogP contribution in [0.25, 0.3) is 0 Å². The average molecular weight is 297 g/mol. The van der Waals surface area contributed by atoms with E-state index in [1.807, 2.05) is 56.3 Å². The van der Waals surface area contributed by atoms with Crippen LogP contribution in [0.5, 0.6) is 0 Å². The second kappa shape index (κ2) is 7.64. The Morgan fingerprint density at radius 2 is 1.86 bits per heavy atom. The summed E-state index contributed by atoms with van der Waals surface area (Å²) in [7, 11) is 0. The van der Waals surface area contributed by atoms with Gasteiger partial charge in [-0.2, -0.15) is 0 Å². The summed E-state index contributed by atoms with van der Waals surface area (Å²) in [5.41, 5.74) is 4.38. The number of para-hydroxylation sites is 1. The Hall–Kier alpha value is -2.29. The first kappa shape index (κ1) is 16.1. The molecule has 0 aliphatic carbocycles. The van der Waals surface area contributed by atoms with Gasteiger partial charge in [-0.1, -0.05) is 55.5 Å². The molecule has 0 fully saturated rings. The first-order valence-electron chi connectivity index (χ1n) is 7.67. The molecule has 22 heavy (non-hydrogen) atoms. The molecule has 0 saturated heterocycles. The molecule has 0 bridgehead atoms. The van der Waals surface area contributed by atoms with Gasteiger partial charge in [0.25, 0.3) is 0 Å². The predicted molar refractivity (Wildman–Crippen MR) is 89.9 cm³/mol. The standard InChI is InChI=1S/C19H23NO2/c1-4-17-12-8-9-14(2)18(17)20-15(3)19(21)22-13-16-10-6-5-7-11-16/h5-12,15,20H,4,13H2,1-3H3. The second-order valence-electron chi connectivity index (χ2n) is 5.42. The van der Waals surface area contributed by atoms with Gasteiger partial charge in [0, 0.05) is 5.69 Å². The third-order valence-electron chi connectivity index (χ3n) is 3.68. The number of esters is 1. The van der Waals surface area contributed by atoms with Crippen molar-refractivity contribution >= 4 is 11.7 Å². The Labute approximate surface area is 132 Å². The first-order chi connectivity index (χ1) is 10.6. The molecule has 0 saturated carbocycles. The van der Waals surface area contributed by atoms with Crippen LogP contribution in [0.3, 0.4) is 0 Å². The molecule has 1 atom stereocenters. The van der Waals surface area contributed by atoms with Crippen molar-refractivity contribution in [3.63, 3.8) is 0 Å². The SMILES string of the molecule is CCc1cccc(C)c1NC(C)C(=O)OCc1ccccc1. The number of aryl methyl sites for hydroxylation is 2. The minimum Gasteiger partial charge on any atom is -0.459 e. The van der Waals surface area contributed by atoms with Gasteiger partial charge in [-0.05, 0) is 37.0 Å². The summed E-state index contributed by atoms with van der Waals surface area (Å²) in [5, 5.41) is 3.29. The maximum Gasteiger partial charge on any atom is 0.328 e. The molecule has 0 aliphatic rings. The predicted octanol–water partition coefficient (Wildman–Crippen LogP) is 4.10. The lowest BCUT2D eigenvalue weighted by Crippen LogP contribution is -2.28. The highest BCUT2D eigenvalue weighted by atomic mass is 16.5. The average Bonchev–Trinajstić information content (AvgIpc) is 2.55. The highest BCUT2D eigenvalue weighted by Crippen LogP contribution is 2.22. The van der Waals surface area contributed by atoms with Crippen molar-refractivity contribution in [2.45, 2.75) is 39.8 Å². The molecule has 0 radical (unpaired) electrons. The van der Waals surface area contributed by atoms with E-state index in [2.05, 4.69) is 18.3 Å². The molecule has 0 aliphatic heterocycles. The number of rotatable bonds is 6. The normalized spacial score (nSPS) is 11.8. The molecule has 2 rings (SSSR count). The number of benzene rings is 2. The van der Waals surface area contributed by atoms with Crippen LogP contribution in [-0.2, 0) is 22.6 Å². The van der Waals surface area contributed by atoms with Gasteiger partial charge in [0.15, 0.2) is 0 Å². The minimum atomic E-state index is -0.380. The van der Waals surface area contributed by atoms with Gasteiger partial charge in [0.2, 0.25) is 0 Å². The van der Waals surface area contributed by atoms with Crippen LogP contribution in [0.4, 0.5) is 5.69 Å². The van der Waals surface area contributed by atoms with Gasteiger partial charge in [0.1, 0.15) is 12.6 Å². The van der Waals surface area contributed by atoms with E-state index >= 15 is 0 Å². The summed E-state index contributed by atoms with van der Waals surface area (Å²) in [6, 6.07) is 15.5. The highest BCUT2D eigenvalue weighted by Gasteiger charge is 2.16. The second-order valence-corrected chi connectivity index (χ2v) is 5.42. The van der Waals surface area contributed by atoms with E-state index in [9.17, 15) is 4.79 Å². The fraction of sp³-hybridized carbons (Fsp3) is 0.316. The lowest BCUT2D eigenvalue weighted by molar-refractivity contribution is -0.145. The van der Waals surface area contributed by atoms with Gasteiger partial charge >= 0.3 is 5.97 Å². The zero-order chi connectivity index (χ0) is 15.9. The van der Waals surface area contributed by atoms with Gasteiger partial charge in [-0.3, -0.25) is 0 Å². The molecule has 116 valence electrons. The van der Waals surface area contributed by atoms with Crippen LogP contribution in [-0.4, -0.2) is 12.0 Å². The fourth-order valence-corrected chi connectivity index (χ4v) is 2.36. The number of ether oxygens (including phenoxy) is 1. The zero-order valence-electron chi connectivity index (χ0n) is 13.4. The van der Waals surface area contributed by atoms with E-state index in [4.69, 9.17) is 4.74 Å². The van der Waals surface area contributed by atoms with Crippen LogP contribution in [0.1, 0.15) is 30.5 Å².